The normalized spacial score (nSPS) is 18.6. The van der Waals surface area contributed by atoms with Crippen molar-refractivity contribution in [3.8, 4) is 0 Å². The lowest BCUT2D eigenvalue weighted by Gasteiger charge is -2.29. The number of nitrogens with one attached hydrogen (secondary N) is 1. The van der Waals surface area contributed by atoms with E-state index in [-0.39, 0.29) is 10.9 Å². The average molecular weight is 376 g/mol. The van der Waals surface area contributed by atoms with Gasteiger partial charge in [0.15, 0.2) is 0 Å². The molecule has 0 bridgehead atoms. The number of nitrogens with zero attached hydrogens (tertiary/aromatic N) is 1. The first-order valence-electron chi connectivity index (χ1n) is 7.18. The van der Waals surface area contributed by atoms with Crippen LogP contribution in [0.15, 0.2) is 27.6 Å². The van der Waals surface area contributed by atoms with Crippen molar-refractivity contribution in [1.82, 2.24) is 9.62 Å². The summed E-state index contributed by atoms with van der Waals surface area (Å²) in [6.45, 7) is 4.74. The second kappa shape index (κ2) is 7.09. The molecule has 1 aliphatic rings. The zero-order chi connectivity index (χ0) is 15.5. The van der Waals surface area contributed by atoms with Crippen LogP contribution in [0.2, 0.25) is 0 Å². The number of nitrogen functional groups attached to an aromatic ring is 1. The summed E-state index contributed by atoms with van der Waals surface area (Å²) in [5.74, 6) is 0. The number of sulfonamides is 1. The number of piperidine rings is 1. The van der Waals surface area contributed by atoms with Gasteiger partial charge in [0.25, 0.3) is 0 Å². The Kier molecular flexibility index (Phi) is 5.65. The maximum Gasteiger partial charge on any atom is 0.240 e. The summed E-state index contributed by atoms with van der Waals surface area (Å²) in [4.78, 5) is 2.51. The second-order valence-electron chi connectivity index (χ2n) is 5.57. The molecular weight excluding hydrogens is 354 g/mol. The zero-order valence-electron chi connectivity index (χ0n) is 12.2. The lowest BCUT2D eigenvalue weighted by Crippen LogP contribution is -2.43. The van der Waals surface area contributed by atoms with Gasteiger partial charge in [0.05, 0.1) is 4.90 Å². The van der Waals surface area contributed by atoms with Gasteiger partial charge in [-0.1, -0.05) is 6.42 Å². The van der Waals surface area contributed by atoms with Crippen LogP contribution in [0.5, 0.6) is 0 Å². The van der Waals surface area contributed by atoms with Crippen LogP contribution in [-0.4, -0.2) is 39.0 Å². The molecule has 21 heavy (non-hydrogen) atoms. The molecule has 1 saturated heterocycles. The standard InChI is InChI=1S/C14H22BrN3O2S/c1-11(10-18-7-3-2-4-8-18)17-21(19,20)12-5-6-13(15)14(16)9-12/h5-6,9,11,17H,2-4,7-8,10,16H2,1H3. The molecule has 0 saturated carbocycles. The summed E-state index contributed by atoms with van der Waals surface area (Å²) in [7, 11) is -3.53. The summed E-state index contributed by atoms with van der Waals surface area (Å²) in [6, 6.07) is 4.55. The van der Waals surface area contributed by atoms with E-state index in [0.717, 1.165) is 19.6 Å². The summed E-state index contributed by atoms with van der Waals surface area (Å²) in [5.41, 5.74) is 6.17. The lowest BCUT2D eigenvalue weighted by molar-refractivity contribution is 0.215. The van der Waals surface area contributed by atoms with Crippen molar-refractivity contribution >= 4 is 31.6 Å². The van der Waals surface area contributed by atoms with Crippen molar-refractivity contribution in [2.45, 2.75) is 37.1 Å². The van der Waals surface area contributed by atoms with E-state index in [1.807, 2.05) is 6.92 Å². The molecule has 0 aromatic heterocycles. The van der Waals surface area contributed by atoms with E-state index in [4.69, 9.17) is 5.73 Å². The summed E-state index contributed by atoms with van der Waals surface area (Å²) in [6.07, 6.45) is 3.67. The molecule has 7 heteroatoms. The molecule has 118 valence electrons. The van der Waals surface area contributed by atoms with Gasteiger partial charge in [0.1, 0.15) is 0 Å². The molecule has 1 aliphatic heterocycles. The summed E-state index contributed by atoms with van der Waals surface area (Å²) < 4.78 is 28.1. The summed E-state index contributed by atoms with van der Waals surface area (Å²) in [5, 5.41) is 0. The SMILES string of the molecule is CC(CN1CCCCC1)NS(=O)(=O)c1ccc(Br)c(N)c1. The van der Waals surface area contributed by atoms with Crippen LogP contribution in [0.3, 0.4) is 0 Å². The molecule has 0 amide bonds. The van der Waals surface area contributed by atoms with Gasteiger partial charge < -0.3 is 10.6 Å². The van der Waals surface area contributed by atoms with Crippen molar-refractivity contribution in [2.24, 2.45) is 0 Å². The fraction of sp³-hybridized carbons (Fsp3) is 0.571. The van der Waals surface area contributed by atoms with Crippen molar-refractivity contribution < 1.29 is 8.42 Å². The largest absolute Gasteiger partial charge is 0.398 e. The van der Waals surface area contributed by atoms with E-state index in [1.54, 1.807) is 12.1 Å². The van der Waals surface area contributed by atoms with E-state index in [0.29, 0.717) is 10.2 Å². The van der Waals surface area contributed by atoms with E-state index in [9.17, 15) is 8.42 Å². The van der Waals surface area contributed by atoms with Crippen LogP contribution in [0.1, 0.15) is 26.2 Å². The number of likely N-dealkylation sites (tertiary alicyclic amines) is 1. The van der Waals surface area contributed by atoms with Gasteiger partial charge in [-0.2, -0.15) is 0 Å². The van der Waals surface area contributed by atoms with Gasteiger partial charge in [0, 0.05) is 22.7 Å². The molecular formula is C14H22BrN3O2S. The fourth-order valence-electron chi connectivity index (χ4n) is 2.59. The van der Waals surface area contributed by atoms with Crippen molar-refractivity contribution in [3.63, 3.8) is 0 Å². The monoisotopic (exact) mass is 375 g/mol. The van der Waals surface area contributed by atoms with Crippen LogP contribution >= 0.6 is 15.9 Å². The van der Waals surface area contributed by atoms with Crippen LogP contribution in [-0.2, 0) is 10.0 Å². The highest BCUT2D eigenvalue weighted by molar-refractivity contribution is 9.10. The molecule has 1 aromatic rings. The quantitative estimate of drug-likeness (QED) is 0.773. The van der Waals surface area contributed by atoms with Crippen molar-refractivity contribution in [1.29, 1.82) is 0 Å². The molecule has 1 heterocycles. The third kappa shape index (κ3) is 4.67. The maximum atomic E-state index is 12.3. The minimum atomic E-state index is -3.53. The Morgan fingerprint density at radius 2 is 2.00 bits per heavy atom. The Balaban J connectivity index is 2.00. The van der Waals surface area contributed by atoms with Crippen molar-refractivity contribution in [3.05, 3.63) is 22.7 Å². The lowest BCUT2D eigenvalue weighted by atomic mass is 10.1. The third-order valence-corrected chi connectivity index (χ3v) is 5.92. The molecule has 2 rings (SSSR count). The molecule has 1 aromatic carbocycles. The Morgan fingerprint density at radius 3 is 2.62 bits per heavy atom. The van der Waals surface area contributed by atoms with E-state index < -0.39 is 10.0 Å². The first-order chi connectivity index (χ1) is 9.88. The van der Waals surface area contributed by atoms with E-state index >= 15 is 0 Å². The van der Waals surface area contributed by atoms with Crippen molar-refractivity contribution in [2.75, 3.05) is 25.4 Å². The average Bonchev–Trinajstić information content (AvgIpc) is 2.42. The van der Waals surface area contributed by atoms with E-state index in [2.05, 4.69) is 25.6 Å². The predicted octanol–water partition coefficient (Wildman–Crippen LogP) is 2.18. The Hall–Kier alpha value is -0.630. The van der Waals surface area contributed by atoms with Crippen LogP contribution in [0.4, 0.5) is 5.69 Å². The number of benzene rings is 1. The molecule has 0 aliphatic carbocycles. The first kappa shape index (κ1) is 16.7. The summed E-state index contributed by atoms with van der Waals surface area (Å²) >= 11 is 3.27. The van der Waals surface area contributed by atoms with E-state index in [1.165, 1.54) is 25.3 Å². The van der Waals surface area contributed by atoms with Crippen LogP contribution in [0.25, 0.3) is 0 Å². The molecule has 5 nitrogen and oxygen atoms in total. The number of anilines is 1. The smallest absolute Gasteiger partial charge is 0.240 e. The maximum absolute atomic E-state index is 12.3. The minimum Gasteiger partial charge on any atom is -0.398 e. The predicted molar refractivity (Wildman–Crippen MR) is 88.6 cm³/mol. The van der Waals surface area contributed by atoms with Gasteiger partial charge in [-0.3, -0.25) is 0 Å². The highest BCUT2D eigenvalue weighted by Gasteiger charge is 2.20. The Morgan fingerprint density at radius 1 is 1.33 bits per heavy atom. The molecule has 1 atom stereocenters. The molecule has 0 spiro atoms. The third-order valence-electron chi connectivity index (χ3n) is 3.61. The van der Waals surface area contributed by atoms with Gasteiger partial charge in [0.2, 0.25) is 10.0 Å². The van der Waals surface area contributed by atoms with Crippen LogP contribution in [0, 0.1) is 0 Å². The number of halogens is 1. The second-order valence-corrected chi connectivity index (χ2v) is 8.14. The molecule has 1 fully saturated rings. The highest BCUT2D eigenvalue weighted by Crippen LogP contribution is 2.22. The number of nitrogens with two attached hydrogens (primary N) is 1. The minimum absolute atomic E-state index is 0.127. The van der Waals surface area contributed by atoms with Crippen LogP contribution < -0.4 is 10.5 Å². The van der Waals surface area contributed by atoms with Gasteiger partial charge in [-0.05, 0) is 67.0 Å². The number of hydrogen-bond donors (Lipinski definition) is 2. The van der Waals surface area contributed by atoms with Gasteiger partial charge in [-0.25, -0.2) is 13.1 Å². The molecule has 0 radical (unpaired) electrons. The number of rotatable bonds is 5. The first-order valence-corrected chi connectivity index (χ1v) is 9.46. The topological polar surface area (TPSA) is 75.4 Å². The van der Waals surface area contributed by atoms with Gasteiger partial charge in [-0.15, -0.1) is 0 Å². The fourth-order valence-corrected chi connectivity index (χ4v) is 4.10. The molecule has 3 N–H and O–H groups in total. The zero-order valence-corrected chi connectivity index (χ0v) is 14.6. The number of hydrogen-bond acceptors (Lipinski definition) is 4. The van der Waals surface area contributed by atoms with Gasteiger partial charge >= 0.3 is 0 Å². The molecule has 1 unspecified atom stereocenters. The Labute approximate surface area is 135 Å². The highest BCUT2D eigenvalue weighted by atomic mass is 79.9. The Bertz CT molecular complexity index is 586.